The Kier molecular flexibility index (Phi) is 5.84. The van der Waals surface area contributed by atoms with Crippen LogP contribution in [0.2, 0.25) is 0 Å². The first-order valence-corrected chi connectivity index (χ1v) is 10.3. The van der Waals surface area contributed by atoms with E-state index in [2.05, 4.69) is 4.98 Å². The molecule has 0 atom stereocenters. The summed E-state index contributed by atoms with van der Waals surface area (Å²) in [6.07, 6.45) is 0.929. The number of ketones is 1. The van der Waals surface area contributed by atoms with Gasteiger partial charge in [-0.3, -0.25) is 14.4 Å². The van der Waals surface area contributed by atoms with E-state index in [1.165, 1.54) is 24.3 Å². The van der Waals surface area contributed by atoms with Crippen molar-refractivity contribution in [3.05, 3.63) is 71.2 Å². The second kappa shape index (κ2) is 8.71. The monoisotopic (exact) mass is 422 g/mol. The summed E-state index contributed by atoms with van der Waals surface area (Å²) in [4.78, 5) is 42.5. The predicted molar refractivity (Wildman–Crippen MR) is 113 cm³/mol. The number of aryl methyl sites for hydroxylation is 1. The number of fused-ring (bicyclic) bond motifs is 1. The maximum absolute atomic E-state index is 13.0. The number of esters is 1. The number of aromatic amines is 1. The molecule has 6 nitrogen and oxygen atoms in total. The van der Waals surface area contributed by atoms with E-state index < -0.39 is 11.8 Å². The van der Waals surface area contributed by atoms with E-state index in [4.69, 9.17) is 4.74 Å². The molecule has 1 amide bonds. The largest absolute Gasteiger partial charge is 0.457 e. The number of carbonyl (C=O) groups is 3. The number of aromatic nitrogens is 1. The van der Waals surface area contributed by atoms with Gasteiger partial charge in [0.15, 0.2) is 6.61 Å². The number of nitrogens with one attached hydrogen (secondary N) is 1. The van der Waals surface area contributed by atoms with Gasteiger partial charge in [0, 0.05) is 40.8 Å². The van der Waals surface area contributed by atoms with Crippen LogP contribution in [0, 0.1) is 18.7 Å². The number of nitrogens with zero attached hydrogens (tertiary/aromatic N) is 1. The second-order valence-electron chi connectivity index (χ2n) is 7.77. The highest BCUT2D eigenvalue weighted by Crippen LogP contribution is 2.24. The lowest BCUT2D eigenvalue weighted by Crippen LogP contribution is -2.40. The second-order valence-corrected chi connectivity index (χ2v) is 7.77. The molecule has 160 valence electrons. The molecule has 2 heterocycles. The summed E-state index contributed by atoms with van der Waals surface area (Å²) in [6, 6.07) is 12.9. The van der Waals surface area contributed by atoms with E-state index in [0.29, 0.717) is 37.1 Å². The first kappa shape index (κ1) is 20.8. The molecule has 4 rings (SSSR count). The number of ether oxygens (including phenoxy) is 1. The number of halogens is 1. The molecule has 1 aliphatic heterocycles. The smallest absolute Gasteiger partial charge is 0.309 e. The Hall–Kier alpha value is -3.48. The average Bonchev–Trinajstić information content (AvgIpc) is 3.13. The van der Waals surface area contributed by atoms with Gasteiger partial charge in [0.05, 0.1) is 5.92 Å². The third kappa shape index (κ3) is 4.35. The van der Waals surface area contributed by atoms with E-state index >= 15 is 0 Å². The number of piperidine rings is 1. The number of benzene rings is 2. The Balaban J connectivity index is 1.31. The summed E-state index contributed by atoms with van der Waals surface area (Å²) < 4.78 is 18.4. The van der Waals surface area contributed by atoms with Gasteiger partial charge in [-0.1, -0.05) is 18.2 Å². The maximum atomic E-state index is 13.0. The zero-order valence-corrected chi connectivity index (χ0v) is 17.2. The van der Waals surface area contributed by atoms with Crippen LogP contribution in [0.15, 0.2) is 48.5 Å². The van der Waals surface area contributed by atoms with Crippen LogP contribution >= 0.6 is 0 Å². The minimum atomic E-state index is -0.417. The number of H-pyrrole nitrogens is 1. The number of hydrogen-bond donors (Lipinski definition) is 1. The van der Waals surface area contributed by atoms with Gasteiger partial charge >= 0.3 is 5.97 Å². The Morgan fingerprint density at radius 1 is 1.06 bits per heavy atom. The van der Waals surface area contributed by atoms with Crippen LogP contribution < -0.4 is 0 Å². The third-order valence-electron chi connectivity index (χ3n) is 5.72. The Bertz CT molecular complexity index is 1130. The van der Waals surface area contributed by atoms with Crippen LogP contribution in [-0.4, -0.2) is 47.2 Å². The molecule has 1 saturated heterocycles. The Morgan fingerprint density at radius 3 is 2.45 bits per heavy atom. The lowest BCUT2D eigenvalue weighted by Gasteiger charge is -2.31. The van der Waals surface area contributed by atoms with Crippen molar-refractivity contribution in [2.24, 2.45) is 5.92 Å². The van der Waals surface area contributed by atoms with Crippen LogP contribution in [0.25, 0.3) is 10.9 Å². The fourth-order valence-corrected chi connectivity index (χ4v) is 4.06. The van der Waals surface area contributed by atoms with E-state index in [0.717, 1.165) is 16.6 Å². The molecular weight excluding hydrogens is 399 g/mol. The minimum absolute atomic E-state index is 0.184. The quantitative estimate of drug-likeness (QED) is 0.500. The topological polar surface area (TPSA) is 79.5 Å². The van der Waals surface area contributed by atoms with Gasteiger partial charge < -0.3 is 14.6 Å². The maximum Gasteiger partial charge on any atom is 0.309 e. The molecule has 7 heteroatoms. The van der Waals surface area contributed by atoms with Gasteiger partial charge in [-0.05, 0) is 50.1 Å². The first-order chi connectivity index (χ1) is 14.9. The summed E-state index contributed by atoms with van der Waals surface area (Å²) in [7, 11) is 0. The molecular formula is C24H23FN2O4. The number of hydrogen-bond acceptors (Lipinski definition) is 4. The molecule has 3 aromatic rings. The van der Waals surface area contributed by atoms with E-state index in [9.17, 15) is 18.8 Å². The zero-order valence-electron chi connectivity index (χ0n) is 17.2. The summed E-state index contributed by atoms with van der Waals surface area (Å²) in [5.74, 6) is -1.59. The molecule has 2 aromatic carbocycles. The highest BCUT2D eigenvalue weighted by molar-refractivity contribution is 6.10. The van der Waals surface area contributed by atoms with Crippen LogP contribution in [0.1, 0.15) is 39.3 Å². The van der Waals surface area contributed by atoms with Crippen molar-refractivity contribution in [2.45, 2.75) is 19.8 Å². The molecule has 1 N–H and O–H groups in total. The standard InChI is InChI=1S/C24H23FN2O4/c1-15-22(19-4-2-3-5-20(19)26-15)21(28)14-31-24(30)17-10-12-27(13-11-17)23(29)16-6-8-18(25)9-7-16/h2-9,17,26H,10-14H2,1H3. The van der Waals surface area contributed by atoms with Crippen LogP contribution in [0.3, 0.4) is 0 Å². The molecule has 0 aliphatic carbocycles. The van der Waals surface area contributed by atoms with Crippen molar-refractivity contribution in [1.29, 1.82) is 0 Å². The molecule has 1 aromatic heterocycles. The highest BCUT2D eigenvalue weighted by Gasteiger charge is 2.29. The van der Waals surface area contributed by atoms with Crippen molar-refractivity contribution in [3.63, 3.8) is 0 Å². The van der Waals surface area contributed by atoms with Gasteiger partial charge in [-0.25, -0.2) is 4.39 Å². The first-order valence-electron chi connectivity index (χ1n) is 10.3. The van der Waals surface area contributed by atoms with Crippen LogP contribution in [0.4, 0.5) is 4.39 Å². The number of Topliss-reactive ketones (excluding diaryl/α,β-unsaturated/α-hetero) is 1. The number of carbonyl (C=O) groups excluding carboxylic acids is 3. The number of rotatable bonds is 5. The minimum Gasteiger partial charge on any atom is -0.457 e. The van der Waals surface area contributed by atoms with Crippen molar-refractivity contribution < 1.29 is 23.5 Å². The summed E-state index contributed by atoms with van der Waals surface area (Å²) in [5.41, 5.74) is 2.58. The predicted octanol–water partition coefficient (Wildman–Crippen LogP) is 3.89. The average molecular weight is 422 g/mol. The zero-order chi connectivity index (χ0) is 22.0. The molecule has 31 heavy (non-hydrogen) atoms. The van der Waals surface area contributed by atoms with E-state index in [1.54, 1.807) is 4.90 Å². The molecule has 0 bridgehead atoms. The van der Waals surface area contributed by atoms with Crippen LogP contribution in [-0.2, 0) is 9.53 Å². The lowest BCUT2D eigenvalue weighted by molar-refractivity contribution is -0.148. The van der Waals surface area contributed by atoms with Crippen molar-refractivity contribution in [1.82, 2.24) is 9.88 Å². The van der Waals surface area contributed by atoms with Crippen molar-refractivity contribution >= 4 is 28.6 Å². The van der Waals surface area contributed by atoms with Gasteiger partial charge in [0.25, 0.3) is 5.91 Å². The molecule has 1 fully saturated rings. The van der Waals surface area contributed by atoms with Crippen LogP contribution in [0.5, 0.6) is 0 Å². The number of para-hydroxylation sites is 1. The van der Waals surface area contributed by atoms with Gasteiger partial charge in [0.1, 0.15) is 5.82 Å². The van der Waals surface area contributed by atoms with E-state index in [1.807, 2.05) is 31.2 Å². The van der Waals surface area contributed by atoms with Gasteiger partial charge in [-0.2, -0.15) is 0 Å². The molecule has 1 aliphatic rings. The normalized spacial score (nSPS) is 14.6. The summed E-state index contributed by atoms with van der Waals surface area (Å²) in [5, 5.41) is 0.814. The Morgan fingerprint density at radius 2 is 1.74 bits per heavy atom. The fourth-order valence-electron chi connectivity index (χ4n) is 4.06. The molecule has 0 unspecified atom stereocenters. The highest BCUT2D eigenvalue weighted by atomic mass is 19.1. The Labute approximate surface area is 179 Å². The fraction of sp³-hybridized carbons (Fsp3) is 0.292. The van der Waals surface area contributed by atoms with Crippen molar-refractivity contribution in [3.8, 4) is 0 Å². The summed E-state index contributed by atoms with van der Waals surface area (Å²) in [6.45, 7) is 2.33. The van der Waals surface area contributed by atoms with Crippen molar-refractivity contribution in [2.75, 3.05) is 19.7 Å². The molecule has 0 saturated carbocycles. The third-order valence-corrected chi connectivity index (χ3v) is 5.72. The number of amides is 1. The van der Waals surface area contributed by atoms with E-state index in [-0.39, 0.29) is 24.2 Å². The summed E-state index contributed by atoms with van der Waals surface area (Å²) >= 11 is 0. The molecule has 0 radical (unpaired) electrons. The van der Waals surface area contributed by atoms with Gasteiger partial charge in [-0.15, -0.1) is 0 Å². The van der Waals surface area contributed by atoms with Gasteiger partial charge in [0.2, 0.25) is 5.78 Å². The molecule has 0 spiro atoms. The number of likely N-dealkylation sites (tertiary alicyclic amines) is 1. The lowest BCUT2D eigenvalue weighted by atomic mass is 9.96. The SMILES string of the molecule is Cc1[nH]c2ccccc2c1C(=O)COC(=O)C1CCN(C(=O)c2ccc(F)cc2)CC1.